The van der Waals surface area contributed by atoms with Gasteiger partial charge >= 0.3 is 6.09 Å². The van der Waals surface area contributed by atoms with Crippen LogP contribution in [0.4, 0.5) is 4.79 Å². The Labute approximate surface area is 118 Å². The Morgan fingerprint density at radius 1 is 1.25 bits per heavy atom. The van der Waals surface area contributed by atoms with Gasteiger partial charge in [0.15, 0.2) is 5.76 Å². The molecule has 0 atom stereocenters. The number of amides is 2. The monoisotopic (exact) mass is 280 g/mol. The molecule has 0 bridgehead atoms. The lowest BCUT2D eigenvalue weighted by molar-refractivity contribution is 0.0534. The second-order valence-corrected chi connectivity index (χ2v) is 4.72. The molecule has 1 aliphatic rings. The van der Waals surface area contributed by atoms with Gasteiger partial charge in [0, 0.05) is 26.2 Å². The van der Waals surface area contributed by atoms with E-state index in [4.69, 9.17) is 9.15 Å². The second kappa shape index (κ2) is 6.98. The summed E-state index contributed by atoms with van der Waals surface area (Å²) in [7, 11) is 0. The highest BCUT2D eigenvalue weighted by molar-refractivity contribution is 5.91. The molecule has 0 radical (unpaired) electrons. The number of ether oxygens (including phenoxy) is 1. The van der Waals surface area contributed by atoms with Gasteiger partial charge in [0.1, 0.15) is 0 Å². The van der Waals surface area contributed by atoms with E-state index in [9.17, 15) is 9.59 Å². The van der Waals surface area contributed by atoms with Crippen LogP contribution in [0.15, 0.2) is 22.8 Å². The lowest BCUT2D eigenvalue weighted by Crippen LogP contribution is -2.50. The summed E-state index contributed by atoms with van der Waals surface area (Å²) in [5.74, 6) is 0.206. The first kappa shape index (κ1) is 14.4. The number of carbonyl (C=O) groups is 2. The molecule has 0 N–H and O–H groups in total. The molecule has 1 aromatic heterocycles. The molecule has 6 nitrogen and oxygen atoms in total. The van der Waals surface area contributed by atoms with Gasteiger partial charge in [-0.3, -0.25) is 4.79 Å². The van der Waals surface area contributed by atoms with Crippen LogP contribution in [-0.4, -0.2) is 54.6 Å². The number of hydrogen-bond acceptors (Lipinski definition) is 4. The Bertz CT molecular complexity index is 436. The van der Waals surface area contributed by atoms with Gasteiger partial charge in [0.25, 0.3) is 5.91 Å². The van der Waals surface area contributed by atoms with Crippen molar-refractivity contribution < 1.29 is 18.7 Å². The van der Waals surface area contributed by atoms with Crippen LogP contribution >= 0.6 is 0 Å². The van der Waals surface area contributed by atoms with Crippen molar-refractivity contribution in [3.8, 4) is 0 Å². The fourth-order valence-corrected chi connectivity index (χ4v) is 2.04. The van der Waals surface area contributed by atoms with E-state index in [0.717, 1.165) is 12.8 Å². The van der Waals surface area contributed by atoms with E-state index < -0.39 is 0 Å². The number of rotatable bonds is 4. The summed E-state index contributed by atoms with van der Waals surface area (Å²) in [4.78, 5) is 27.1. The van der Waals surface area contributed by atoms with E-state index >= 15 is 0 Å². The number of piperazine rings is 1. The molecule has 1 fully saturated rings. The van der Waals surface area contributed by atoms with E-state index in [2.05, 4.69) is 0 Å². The summed E-state index contributed by atoms with van der Waals surface area (Å²) in [5, 5.41) is 0. The van der Waals surface area contributed by atoms with Gasteiger partial charge < -0.3 is 19.0 Å². The minimum atomic E-state index is -0.288. The smallest absolute Gasteiger partial charge is 0.409 e. The molecule has 0 aliphatic carbocycles. The molecule has 20 heavy (non-hydrogen) atoms. The van der Waals surface area contributed by atoms with Crippen LogP contribution in [0.5, 0.6) is 0 Å². The van der Waals surface area contributed by atoms with Crippen molar-refractivity contribution in [1.82, 2.24) is 9.80 Å². The van der Waals surface area contributed by atoms with E-state index in [1.165, 1.54) is 6.26 Å². The number of furan rings is 1. The Morgan fingerprint density at radius 3 is 2.55 bits per heavy atom. The van der Waals surface area contributed by atoms with Crippen LogP contribution in [0, 0.1) is 0 Å². The Kier molecular flexibility index (Phi) is 5.03. The van der Waals surface area contributed by atoms with Gasteiger partial charge in [0.2, 0.25) is 0 Å². The van der Waals surface area contributed by atoms with Crippen molar-refractivity contribution in [3.05, 3.63) is 24.2 Å². The van der Waals surface area contributed by atoms with Crippen molar-refractivity contribution in [3.63, 3.8) is 0 Å². The van der Waals surface area contributed by atoms with Crippen molar-refractivity contribution in [2.24, 2.45) is 0 Å². The Morgan fingerprint density at radius 2 is 1.95 bits per heavy atom. The first-order valence-electron chi connectivity index (χ1n) is 6.97. The van der Waals surface area contributed by atoms with Crippen molar-refractivity contribution in [2.45, 2.75) is 19.8 Å². The fourth-order valence-electron chi connectivity index (χ4n) is 2.04. The highest BCUT2D eigenvalue weighted by atomic mass is 16.6. The molecule has 2 heterocycles. The first-order valence-corrected chi connectivity index (χ1v) is 6.97. The van der Waals surface area contributed by atoms with Crippen molar-refractivity contribution in [2.75, 3.05) is 32.8 Å². The third kappa shape index (κ3) is 3.53. The molecular formula is C14H20N2O4. The van der Waals surface area contributed by atoms with E-state index in [0.29, 0.717) is 38.5 Å². The second-order valence-electron chi connectivity index (χ2n) is 4.72. The molecule has 110 valence electrons. The number of hydrogen-bond donors (Lipinski definition) is 0. The van der Waals surface area contributed by atoms with Crippen LogP contribution in [-0.2, 0) is 4.74 Å². The molecule has 6 heteroatoms. The van der Waals surface area contributed by atoms with Gasteiger partial charge in [-0.2, -0.15) is 0 Å². The summed E-state index contributed by atoms with van der Waals surface area (Å²) in [6.45, 7) is 4.51. The topological polar surface area (TPSA) is 63.0 Å². The third-order valence-electron chi connectivity index (χ3n) is 3.28. The van der Waals surface area contributed by atoms with Gasteiger partial charge in [-0.1, -0.05) is 13.3 Å². The maximum Gasteiger partial charge on any atom is 0.409 e. The largest absolute Gasteiger partial charge is 0.459 e. The van der Waals surface area contributed by atoms with Gasteiger partial charge in [-0.05, 0) is 18.6 Å². The number of nitrogens with zero attached hydrogens (tertiary/aromatic N) is 2. The zero-order valence-electron chi connectivity index (χ0n) is 11.7. The standard InChI is InChI=1S/C14H20N2O4/c1-2-3-10-20-14(18)16-8-6-15(7-9-16)13(17)12-5-4-11-19-12/h4-5,11H,2-3,6-10H2,1H3. The maximum atomic E-state index is 12.0. The van der Waals surface area contributed by atoms with Crippen molar-refractivity contribution >= 4 is 12.0 Å². The Balaban J connectivity index is 1.77. The molecule has 2 amide bonds. The Hall–Kier alpha value is -1.98. The molecule has 1 aromatic rings. The minimum absolute atomic E-state index is 0.131. The zero-order chi connectivity index (χ0) is 14.4. The predicted molar refractivity (Wildman–Crippen MR) is 72.4 cm³/mol. The maximum absolute atomic E-state index is 12.0. The van der Waals surface area contributed by atoms with Gasteiger partial charge in [-0.15, -0.1) is 0 Å². The quantitative estimate of drug-likeness (QED) is 0.791. The summed E-state index contributed by atoms with van der Waals surface area (Å²) in [5.41, 5.74) is 0. The molecule has 0 saturated carbocycles. The van der Waals surface area contributed by atoms with E-state index in [-0.39, 0.29) is 12.0 Å². The summed E-state index contributed by atoms with van der Waals surface area (Å²) >= 11 is 0. The summed E-state index contributed by atoms with van der Waals surface area (Å²) < 4.78 is 10.2. The fraction of sp³-hybridized carbons (Fsp3) is 0.571. The third-order valence-corrected chi connectivity index (χ3v) is 3.28. The van der Waals surface area contributed by atoms with Crippen LogP contribution < -0.4 is 0 Å². The minimum Gasteiger partial charge on any atom is -0.459 e. The van der Waals surface area contributed by atoms with Crippen LogP contribution in [0.2, 0.25) is 0 Å². The molecule has 0 aromatic carbocycles. The van der Waals surface area contributed by atoms with Gasteiger partial charge in [-0.25, -0.2) is 4.79 Å². The first-order chi connectivity index (χ1) is 9.72. The molecule has 1 saturated heterocycles. The highest BCUT2D eigenvalue weighted by Crippen LogP contribution is 2.10. The van der Waals surface area contributed by atoms with Crippen LogP contribution in [0.1, 0.15) is 30.3 Å². The molecule has 0 spiro atoms. The zero-order valence-corrected chi connectivity index (χ0v) is 11.7. The van der Waals surface area contributed by atoms with E-state index in [1.54, 1.807) is 21.9 Å². The molecular weight excluding hydrogens is 260 g/mol. The summed E-state index contributed by atoms with van der Waals surface area (Å²) in [6, 6.07) is 3.34. The summed E-state index contributed by atoms with van der Waals surface area (Å²) in [6.07, 6.45) is 3.07. The van der Waals surface area contributed by atoms with Crippen LogP contribution in [0.3, 0.4) is 0 Å². The predicted octanol–water partition coefficient (Wildman–Crippen LogP) is 1.97. The SMILES string of the molecule is CCCCOC(=O)N1CCN(C(=O)c2ccco2)CC1. The number of carbonyl (C=O) groups excluding carboxylic acids is 2. The highest BCUT2D eigenvalue weighted by Gasteiger charge is 2.26. The normalized spacial score (nSPS) is 15.2. The lowest BCUT2D eigenvalue weighted by atomic mass is 10.3. The molecule has 2 rings (SSSR count). The average Bonchev–Trinajstić information content (AvgIpc) is 3.01. The number of unbranched alkanes of at least 4 members (excludes halogenated alkanes) is 1. The van der Waals surface area contributed by atoms with Crippen molar-refractivity contribution in [1.29, 1.82) is 0 Å². The van der Waals surface area contributed by atoms with Gasteiger partial charge in [0.05, 0.1) is 12.9 Å². The average molecular weight is 280 g/mol. The molecule has 0 unspecified atom stereocenters. The molecule has 1 aliphatic heterocycles. The van der Waals surface area contributed by atoms with E-state index in [1.807, 2.05) is 6.92 Å². The van der Waals surface area contributed by atoms with Crippen LogP contribution in [0.25, 0.3) is 0 Å². The lowest BCUT2D eigenvalue weighted by Gasteiger charge is -2.33.